The van der Waals surface area contributed by atoms with Crippen molar-refractivity contribution >= 4 is 22.1 Å². The van der Waals surface area contributed by atoms with E-state index in [0.29, 0.717) is 0 Å². The molecule has 0 fully saturated rings. The lowest BCUT2D eigenvalue weighted by Crippen LogP contribution is -2.01. The van der Waals surface area contributed by atoms with Crippen molar-refractivity contribution in [2.75, 3.05) is 0 Å². The number of hydrogen-bond acceptors (Lipinski definition) is 1. The van der Waals surface area contributed by atoms with E-state index in [1.54, 1.807) is 0 Å². The van der Waals surface area contributed by atoms with E-state index in [9.17, 15) is 4.55 Å². The standard InChI is InChI=1S/C16H15NOS/c1-12-7-9-13(10-8-12)19(18)16-11-17(2)15-6-4-3-5-14(15)16/h3-11H,1-2H3. The first-order valence-corrected chi connectivity index (χ1v) is 7.34. The topological polar surface area (TPSA) is 28.0 Å². The van der Waals surface area contributed by atoms with Crippen LogP contribution in [0.1, 0.15) is 5.56 Å². The molecule has 0 aliphatic carbocycles. The maximum Gasteiger partial charge on any atom is 0.183 e. The fourth-order valence-corrected chi connectivity index (χ4v) is 3.50. The van der Waals surface area contributed by atoms with Gasteiger partial charge in [0.25, 0.3) is 0 Å². The van der Waals surface area contributed by atoms with Crippen LogP contribution in [0.3, 0.4) is 0 Å². The number of para-hydroxylation sites is 1. The number of nitrogens with zero attached hydrogens (tertiary/aromatic N) is 1. The van der Waals surface area contributed by atoms with Crippen LogP contribution in [0.15, 0.2) is 64.5 Å². The molecule has 0 saturated heterocycles. The number of hydrogen-bond donors (Lipinski definition) is 0. The Hall–Kier alpha value is -1.71. The molecule has 1 unspecified atom stereocenters. The first-order chi connectivity index (χ1) is 9.16. The summed E-state index contributed by atoms with van der Waals surface area (Å²) in [7, 11) is 1.98. The van der Waals surface area contributed by atoms with E-state index < -0.39 is 11.2 Å². The minimum atomic E-state index is -1.13. The Bertz CT molecular complexity index is 715. The van der Waals surface area contributed by atoms with Crippen molar-refractivity contribution in [1.29, 1.82) is 0 Å². The largest absolute Gasteiger partial charge is 0.606 e. The molecule has 96 valence electrons. The predicted molar refractivity (Wildman–Crippen MR) is 78.8 cm³/mol. The zero-order valence-corrected chi connectivity index (χ0v) is 11.8. The van der Waals surface area contributed by atoms with Gasteiger partial charge in [-0.1, -0.05) is 29.8 Å². The van der Waals surface area contributed by atoms with E-state index >= 15 is 0 Å². The monoisotopic (exact) mass is 269 g/mol. The fraction of sp³-hybridized carbons (Fsp3) is 0.125. The second-order valence-corrected chi connectivity index (χ2v) is 6.15. The highest BCUT2D eigenvalue weighted by molar-refractivity contribution is 7.91. The van der Waals surface area contributed by atoms with Crippen molar-refractivity contribution in [3.05, 3.63) is 60.3 Å². The Kier molecular flexibility index (Phi) is 3.09. The molecule has 1 atom stereocenters. The molecule has 3 rings (SSSR count). The van der Waals surface area contributed by atoms with Gasteiger partial charge < -0.3 is 9.12 Å². The van der Waals surface area contributed by atoms with Crippen LogP contribution in [0, 0.1) is 6.92 Å². The van der Waals surface area contributed by atoms with Crippen molar-refractivity contribution in [3.8, 4) is 0 Å². The van der Waals surface area contributed by atoms with Crippen LogP contribution in [-0.2, 0) is 18.2 Å². The van der Waals surface area contributed by atoms with E-state index in [2.05, 4.69) is 0 Å². The van der Waals surface area contributed by atoms with Gasteiger partial charge in [0.15, 0.2) is 9.79 Å². The van der Waals surface area contributed by atoms with E-state index in [0.717, 1.165) is 20.7 Å². The first kappa shape index (κ1) is 12.3. The molecule has 1 aromatic heterocycles. The summed E-state index contributed by atoms with van der Waals surface area (Å²) in [4.78, 5) is 1.73. The molecule has 0 bridgehead atoms. The van der Waals surface area contributed by atoms with Crippen molar-refractivity contribution in [2.45, 2.75) is 16.7 Å². The number of fused-ring (bicyclic) bond motifs is 1. The van der Waals surface area contributed by atoms with Crippen molar-refractivity contribution in [2.24, 2.45) is 7.05 Å². The summed E-state index contributed by atoms with van der Waals surface area (Å²) in [6, 6.07) is 15.9. The third-order valence-corrected chi connectivity index (χ3v) is 4.72. The average molecular weight is 269 g/mol. The van der Waals surface area contributed by atoms with Crippen LogP contribution in [-0.4, -0.2) is 9.12 Å². The zero-order chi connectivity index (χ0) is 13.4. The smallest absolute Gasteiger partial charge is 0.183 e. The van der Waals surface area contributed by atoms with Crippen molar-refractivity contribution in [1.82, 2.24) is 4.57 Å². The molecule has 0 aliphatic heterocycles. The summed E-state index contributed by atoms with van der Waals surface area (Å²) in [6.07, 6.45) is 1.96. The predicted octanol–water partition coefficient (Wildman–Crippen LogP) is 3.65. The van der Waals surface area contributed by atoms with Gasteiger partial charge in [-0.2, -0.15) is 0 Å². The highest BCUT2D eigenvalue weighted by Gasteiger charge is 2.20. The molecule has 2 nitrogen and oxygen atoms in total. The molecular weight excluding hydrogens is 254 g/mol. The SMILES string of the molecule is Cc1ccc([S+]([O-])c2cn(C)c3ccccc23)cc1. The molecule has 0 radical (unpaired) electrons. The van der Waals surface area contributed by atoms with Crippen LogP contribution in [0.2, 0.25) is 0 Å². The molecule has 19 heavy (non-hydrogen) atoms. The van der Waals surface area contributed by atoms with Crippen LogP contribution in [0.25, 0.3) is 10.9 Å². The third-order valence-electron chi connectivity index (χ3n) is 3.30. The molecule has 0 aliphatic rings. The fourth-order valence-electron chi connectivity index (χ4n) is 2.24. The van der Waals surface area contributed by atoms with Gasteiger partial charge in [0.05, 0.1) is 17.1 Å². The normalized spacial score (nSPS) is 12.8. The Morgan fingerprint density at radius 3 is 2.42 bits per heavy atom. The Morgan fingerprint density at radius 1 is 1.00 bits per heavy atom. The number of aryl methyl sites for hydroxylation is 2. The summed E-state index contributed by atoms with van der Waals surface area (Å²) in [5.41, 5.74) is 2.29. The van der Waals surface area contributed by atoms with Crippen LogP contribution in [0.4, 0.5) is 0 Å². The lowest BCUT2D eigenvalue weighted by molar-refractivity contribution is 0.595. The summed E-state index contributed by atoms with van der Waals surface area (Å²) in [5.74, 6) is 0. The van der Waals surface area contributed by atoms with E-state index in [4.69, 9.17) is 0 Å². The van der Waals surface area contributed by atoms with Gasteiger partial charge in [0.2, 0.25) is 0 Å². The van der Waals surface area contributed by atoms with Crippen LogP contribution >= 0.6 is 0 Å². The minimum Gasteiger partial charge on any atom is -0.606 e. The quantitative estimate of drug-likeness (QED) is 0.653. The molecule has 3 heteroatoms. The maximum atomic E-state index is 12.7. The summed E-state index contributed by atoms with van der Waals surface area (Å²) in [5, 5.41) is 1.06. The molecule has 0 amide bonds. The van der Waals surface area contributed by atoms with E-state index in [1.165, 1.54) is 5.56 Å². The maximum absolute atomic E-state index is 12.7. The van der Waals surface area contributed by atoms with E-state index in [1.807, 2.05) is 73.3 Å². The Morgan fingerprint density at radius 2 is 1.68 bits per heavy atom. The van der Waals surface area contributed by atoms with Gasteiger partial charge in [-0.25, -0.2) is 0 Å². The van der Waals surface area contributed by atoms with Gasteiger partial charge in [-0.15, -0.1) is 0 Å². The van der Waals surface area contributed by atoms with Gasteiger partial charge in [0, 0.05) is 18.2 Å². The molecule has 1 heterocycles. The number of aromatic nitrogens is 1. The third kappa shape index (κ3) is 2.15. The summed E-state index contributed by atoms with van der Waals surface area (Å²) < 4.78 is 14.7. The second-order valence-electron chi connectivity index (χ2n) is 4.70. The van der Waals surface area contributed by atoms with Gasteiger partial charge in [-0.05, 0) is 31.2 Å². The van der Waals surface area contributed by atoms with Gasteiger partial charge in [0.1, 0.15) is 0 Å². The highest BCUT2D eigenvalue weighted by Crippen LogP contribution is 2.29. The van der Waals surface area contributed by atoms with Gasteiger partial charge >= 0.3 is 0 Å². The zero-order valence-electron chi connectivity index (χ0n) is 11.0. The van der Waals surface area contributed by atoms with Crippen LogP contribution in [0.5, 0.6) is 0 Å². The molecule has 0 spiro atoms. The molecular formula is C16H15NOS. The summed E-state index contributed by atoms with van der Waals surface area (Å²) in [6.45, 7) is 2.03. The molecule has 2 aromatic carbocycles. The van der Waals surface area contributed by atoms with Crippen molar-refractivity contribution < 1.29 is 4.55 Å². The molecule has 3 aromatic rings. The number of benzene rings is 2. The van der Waals surface area contributed by atoms with Crippen LogP contribution < -0.4 is 0 Å². The molecule has 0 saturated carbocycles. The Balaban J connectivity index is 2.11. The Labute approximate surface area is 115 Å². The van der Waals surface area contributed by atoms with Crippen molar-refractivity contribution in [3.63, 3.8) is 0 Å². The second kappa shape index (κ2) is 4.76. The first-order valence-electron chi connectivity index (χ1n) is 6.19. The van der Waals surface area contributed by atoms with E-state index in [-0.39, 0.29) is 0 Å². The average Bonchev–Trinajstić information content (AvgIpc) is 2.77. The lowest BCUT2D eigenvalue weighted by atomic mass is 10.2. The number of rotatable bonds is 2. The summed E-state index contributed by atoms with van der Waals surface area (Å²) >= 11 is -1.13. The van der Waals surface area contributed by atoms with Gasteiger partial charge in [-0.3, -0.25) is 0 Å². The minimum absolute atomic E-state index is 0.849. The highest BCUT2D eigenvalue weighted by atomic mass is 32.2. The molecule has 0 N–H and O–H groups in total. The lowest BCUT2D eigenvalue weighted by Gasteiger charge is -2.08.